The minimum atomic E-state index is -0.637. The lowest BCUT2D eigenvalue weighted by Crippen LogP contribution is -2.13. The Kier molecular flexibility index (Phi) is 5.09. The van der Waals surface area contributed by atoms with Gasteiger partial charge in [-0.3, -0.25) is 4.98 Å². The highest BCUT2D eigenvalue weighted by molar-refractivity contribution is 5.90. The summed E-state index contributed by atoms with van der Waals surface area (Å²) in [5.41, 5.74) is 2.13. The topological polar surface area (TPSA) is 57.0 Å². The van der Waals surface area contributed by atoms with Gasteiger partial charge in [-0.05, 0) is 43.3 Å². The summed E-state index contributed by atoms with van der Waals surface area (Å²) < 4.78 is 20.2. The molecule has 0 spiro atoms. The molecule has 0 N–H and O–H groups in total. The molecule has 0 saturated carbocycles. The number of benzene rings is 1. The Balaban J connectivity index is 1.84. The van der Waals surface area contributed by atoms with E-state index >= 15 is 0 Å². The summed E-state index contributed by atoms with van der Waals surface area (Å²) in [6.45, 7) is 1.74. The molecule has 1 atom stereocenters. The zero-order valence-corrected chi connectivity index (χ0v) is 14.1. The second kappa shape index (κ2) is 7.62. The lowest BCUT2D eigenvalue weighted by Gasteiger charge is -2.15. The quantitative estimate of drug-likeness (QED) is 0.521. The smallest absolute Gasteiger partial charge is 0.342 e. The van der Waals surface area contributed by atoms with Crippen LogP contribution in [0.3, 0.4) is 0 Å². The van der Waals surface area contributed by atoms with Crippen LogP contribution in [0.2, 0.25) is 0 Å². The van der Waals surface area contributed by atoms with Crippen LogP contribution in [0.5, 0.6) is 0 Å². The van der Waals surface area contributed by atoms with Gasteiger partial charge >= 0.3 is 5.97 Å². The highest BCUT2D eigenvalue weighted by atomic mass is 19.1. The van der Waals surface area contributed by atoms with Crippen LogP contribution in [0, 0.1) is 25.1 Å². The predicted molar refractivity (Wildman–Crippen MR) is 94.1 cm³/mol. The van der Waals surface area contributed by atoms with E-state index in [0.717, 1.165) is 0 Å². The molecule has 6 heteroatoms. The third-order valence-corrected chi connectivity index (χ3v) is 3.87. The van der Waals surface area contributed by atoms with Gasteiger partial charge in [-0.2, -0.15) is 5.10 Å². The summed E-state index contributed by atoms with van der Waals surface area (Å²) in [4.78, 5) is 16.8. The van der Waals surface area contributed by atoms with Crippen LogP contribution in [0.4, 0.5) is 4.39 Å². The predicted octanol–water partition coefficient (Wildman–Crippen LogP) is 3.64. The Morgan fingerprint density at radius 2 is 2.08 bits per heavy atom. The van der Waals surface area contributed by atoms with Crippen LogP contribution < -0.4 is 0 Å². The fourth-order valence-corrected chi connectivity index (χ4v) is 2.53. The van der Waals surface area contributed by atoms with Gasteiger partial charge in [0.05, 0.1) is 29.7 Å². The van der Waals surface area contributed by atoms with Crippen LogP contribution in [0.1, 0.15) is 34.3 Å². The molecule has 2 aromatic heterocycles. The molecule has 0 amide bonds. The monoisotopic (exact) mass is 349 g/mol. The summed E-state index contributed by atoms with van der Waals surface area (Å²) in [6, 6.07) is 11.2. The minimum absolute atomic E-state index is 0.216. The van der Waals surface area contributed by atoms with Gasteiger partial charge in [-0.25, -0.2) is 13.9 Å². The molecule has 0 bridgehead atoms. The Hall–Kier alpha value is -3.46. The molecule has 0 aliphatic heterocycles. The Bertz CT molecular complexity index is 943. The van der Waals surface area contributed by atoms with Crippen LogP contribution in [-0.4, -0.2) is 20.7 Å². The fraction of sp³-hybridized carbons (Fsp3) is 0.150. The number of esters is 1. The number of nitrogens with zero attached hydrogens (tertiary/aromatic N) is 3. The molecule has 130 valence electrons. The van der Waals surface area contributed by atoms with Gasteiger partial charge in [0.2, 0.25) is 0 Å². The molecule has 1 aromatic carbocycles. The number of ether oxygens (including phenoxy) is 1. The van der Waals surface area contributed by atoms with E-state index in [1.165, 1.54) is 18.3 Å². The highest BCUT2D eigenvalue weighted by Gasteiger charge is 2.22. The number of aromatic nitrogens is 3. The van der Waals surface area contributed by atoms with Crippen molar-refractivity contribution in [2.45, 2.75) is 19.4 Å². The molecule has 0 fully saturated rings. The summed E-state index contributed by atoms with van der Waals surface area (Å²) in [6.07, 6.45) is 8.01. The number of carbonyl (C=O) groups is 1. The van der Waals surface area contributed by atoms with Gasteiger partial charge in [0.15, 0.2) is 6.10 Å². The minimum Gasteiger partial charge on any atom is -0.451 e. The van der Waals surface area contributed by atoms with E-state index in [2.05, 4.69) is 16.0 Å². The summed E-state index contributed by atoms with van der Waals surface area (Å²) in [5.74, 6) is 1.62. The SMILES string of the molecule is C#CC[C@H](OC(=O)c1cnn(-c2ccc(F)cc2)c1C)c1ccccn1. The third kappa shape index (κ3) is 3.62. The summed E-state index contributed by atoms with van der Waals surface area (Å²) in [7, 11) is 0. The van der Waals surface area contributed by atoms with Crippen molar-refractivity contribution in [2.24, 2.45) is 0 Å². The van der Waals surface area contributed by atoms with Gasteiger partial charge in [0, 0.05) is 6.20 Å². The number of pyridine rings is 1. The lowest BCUT2D eigenvalue weighted by molar-refractivity contribution is 0.0298. The van der Waals surface area contributed by atoms with Crippen molar-refractivity contribution < 1.29 is 13.9 Å². The number of terminal acetylenes is 1. The number of carbonyl (C=O) groups excluding carboxylic acids is 1. The summed E-state index contributed by atoms with van der Waals surface area (Å²) in [5, 5.41) is 4.20. The van der Waals surface area contributed by atoms with Gasteiger partial charge in [0.25, 0.3) is 0 Å². The standard InChI is InChI=1S/C20H16FN3O2/c1-3-6-19(18-7-4-5-12-22-18)26-20(25)17-13-23-24(14(17)2)16-10-8-15(21)9-11-16/h1,4-5,7-13,19H,6H2,2H3/t19-/m0/s1. The van der Waals surface area contributed by atoms with E-state index in [9.17, 15) is 9.18 Å². The van der Waals surface area contributed by atoms with Crippen molar-refractivity contribution in [3.63, 3.8) is 0 Å². The molecule has 3 aromatic rings. The average Bonchev–Trinajstić information content (AvgIpc) is 3.04. The van der Waals surface area contributed by atoms with E-state index in [0.29, 0.717) is 22.6 Å². The van der Waals surface area contributed by atoms with Crippen molar-refractivity contribution in [3.8, 4) is 18.0 Å². The van der Waals surface area contributed by atoms with Crippen LogP contribution in [0.25, 0.3) is 5.69 Å². The molecule has 2 heterocycles. The molecule has 0 saturated heterocycles. The van der Waals surface area contributed by atoms with Gasteiger partial charge in [-0.1, -0.05) is 6.07 Å². The fourth-order valence-electron chi connectivity index (χ4n) is 2.53. The maximum atomic E-state index is 13.1. The zero-order chi connectivity index (χ0) is 18.5. The molecule has 0 aliphatic rings. The van der Waals surface area contributed by atoms with Gasteiger partial charge in [-0.15, -0.1) is 12.3 Å². The normalized spacial score (nSPS) is 11.6. The maximum Gasteiger partial charge on any atom is 0.342 e. The molecule has 26 heavy (non-hydrogen) atoms. The number of hydrogen-bond acceptors (Lipinski definition) is 4. The Morgan fingerprint density at radius 3 is 2.73 bits per heavy atom. The summed E-state index contributed by atoms with van der Waals surface area (Å²) >= 11 is 0. The van der Waals surface area contributed by atoms with Gasteiger partial charge in [0.1, 0.15) is 11.4 Å². The Labute approximate surface area is 150 Å². The molecule has 5 nitrogen and oxygen atoms in total. The van der Waals surface area contributed by atoms with E-state index in [1.54, 1.807) is 48.1 Å². The van der Waals surface area contributed by atoms with Crippen LogP contribution in [-0.2, 0) is 4.74 Å². The number of halogens is 1. The van der Waals surface area contributed by atoms with E-state index in [4.69, 9.17) is 11.2 Å². The lowest BCUT2D eigenvalue weighted by atomic mass is 10.1. The third-order valence-electron chi connectivity index (χ3n) is 3.87. The molecular formula is C20H16FN3O2. The van der Waals surface area contributed by atoms with Crippen molar-refractivity contribution >= 4 is 5.97 Å². The molecule has 3 rings (SSSR count). The molecule has 0 aliphatic carbocycles. The van der Waals surface area contributed by atoms with Crippen LogP contribution in [0.15, 0.2) is 54.9 Å². The first-order chi connectivity index (χ1) is 12.6. The second-order valence-corrected chi connectivity index (χ2v) is 5.59. The van der Waals surface area contributed by atoms with Crippen molar-refractivity contribution in [3.05, 3.63) is 77.6 Å². The first-order valence-corrected chi connectivity index (χ1v) is 7.96. The number of hydrogen-bond donors (Lipinski definition) is 0. The van der Waals surface area contributed by atoms with E-state index in [-0.39, 0.29) is 12.2 Å². The van der Waals surface area contributed by atoms with Crippen molar-refractivity contribution in [1.82, 2.24) is 14.8 Å². The highest BCUT2D eigenvalue weighted by Crippen LogP contribution is 2.22. The zero-order valence-electron chi connectivity index (χ0n) is 14.1. The molecular weight excluding hydrogens is 333 g/mol. The van der Waals surface area contributed by atoms with E-state index in [1.807, 2.05) is 0 Å². The van der Waals surface area contributed by atoms with Crippen LogP contribution >= 0.6 is 0 Å². The van der Waals surface area contributed by atoms with Crippen molar-refractivity contribution in [1.29, 1.82) is 0 Å². The Morgan fingerprint density at radius 1 is 1.31 bits per heavy atom. The first-order valence-electron chi connectivity index (χ1n) is 7.96. The van der Waals surface area contributed by atoms with Gasteiger partial charge < -0.3 is 4.74 Å². The average molecular weight is 349 g/mol. The molecule has 0 unspecified atom stereocenters. The maximum absolute atomic E-state index is 13.1. The molecule has 0 radical (unpaired) electrons. The second-order valence-electron chi connectivity index (χ2n) is 5.59. The van der Waals surface area contributed by atoms with E-state index < -0.39 is 12.1 Å². The first kappa shape index (κ1) is 17.4. The number of rotatable bonds is 5. The van der Waals surface area contributed by atoms with Crippen molar-refractivity contribution in [2.75, 3.05) is 0 Å². The largest absolute Gasteiger partial charge is 0.451 e.